The summed E-state index contributed by atoms with van der Waals surface area (Å²) in [4.78, 5) is 13.4. The monoisotopic (exact) mass is 513 g/mol. The summed E-state index contributed by atoms with van der Waals surface area (Å²) in [6, 6.07) is 24.2. The third-order valence-corrected chi connectivity index (χ3v) is 9.68. The molecule has 0 spiro atoms. The van der Waals surface area contributed by atoms with Gasteiger partial charge in [0.05, 0.1) is 9.79 Å². The molecule has 1 fully saturated rings. The van der Waals surface area contributed by atoms with Gasteiger partial charge in [0.15, 0.2) is 0 Å². The SMILES string of the molecule is O=C(NCCc1ccccc1)[C@H]1CN(S(=O)(=O)c2ccccc2)CCN1S(=O)(=O)c1ccccc1. The smallest absolute Gasteiger partial charge is 0.243 e. The molecular formula is C25H27N3O5S2. The quantitative estimate of drug-likeness (QED) is 0.497. The molecule has 1 heterocycles. The number of piperazine rings is 1. The van der Waals surface area contributed by atoms with Crippen molar-refractivity contribution in [3.63, 3.8) is 0 Å². The van der Waals surface area contributed by atoms with Crippen LogP contribution in [0.1, 0.15) is 5.56 Å². The minimum Gasteiger partial charge on any atom is -0.354 e. The Morgan fingerprint density at radius 2 is 1.26 bits per heavy atom. The van der Waals surface area contributed by atoms with E-state index in [0.717, 1.165) is 9.87 Å². The second kappa shape index (κ2) is 10.7. The molecular weight excluding hydrogens is 486 g/mol. The van der Waals surface area contributed by atoms with Crippen LogP contribution in [0.5, 0.6) is 0 Å². The van der Waals surface area contributed by atoms with Gasteiger partial charge in [-0.25, -0.2) is 16.8 Å². The van der Waals surface area contributed by atoms with Crippen LogP contribution in [0.3, 0.4) is 0 Å². The first-order chi connectivity index (χ1) is 16.8. The summed E-state index contributed by atoms with van der Waals surface area (Å²) in [6.45, 7) is -0.179. The third kappa shape index (κ3) is 5.62. The van der Waals surface area contributed by atoms with Gasteiger partial charge >= 0.3 is 0 Å². The first kappa shape index (κ1) is 25.1. The molecule has 1 amide bonds. The van der Waals surface area contributed by atoms with Crippen LogP contribution in [0.2, 0.25) is 0 Å². The van der Waals surface area contributed by atoms with Gasteiger partial charge in [-0.05, 0) is 36.2 Å². The van der Waals surface area contributed by atoms with E-state index in [4.69, 9.17) is 0 Å². The zero-order chi connectivity index (χ0) is 24.9. The van der Waals surface area contributed by atoms with Gasteiger partial charge in [-0.1, -0.05) is 66.7 Å². The van der Waals surface area contributed by atoms with Crippen LogP contribution in [0.4, 0.5) is 0 Å². The van der Waals surface area contributed by atoms with Crippen LogP contribution in [0.15, 0.2) is 101 Å². The average molecular weight is 514 g/mol. The van der Waals surface area contributed by atoms with E-state index in [2.05, 4.69) is 5.32 Å². The summed E-state index contributed by atoms with van der Waals surface area (Å²) in [7, 11) is -7.91. The Bertz CT molecular complexity index is 1350. The highest BCUT2D eigenvalue weighted by Crippen LogP contribution is 2.25. The third-order valence-electron chi connectivity index (χ3n) is 5.88. The van der Waals surface area contributed by atoms with Crippen molar-refractivity contribution in [1.29, 1.82) is 0 Å². The normalized spacial score (nSPS) is 17.7. The minimum absolute atomic E-state index is 0.0569. The van der Waals surface area contributed by atoms with E-state index in [0.29, 0.717) is 13.0 Å². The molecule has 184 valence electrons. The van der Waals surface area contributed by atoms with Crippen LogP contribution in [-0.2, 0) is 31.3 Å². The summed E-state index contributed by atoms with van der Waals surface area (Å²) in [5, 5.41) is 2.80. The Morgan fingerprint density at radius 3 is 1.83 bits per heavy atom. The molecule has 1 aliphatic heterocycles. The number of amides is 1. The van der Waals surface area contributed by atoms with Crippen molar-refractivity contribution in [2.24, 2.45) is 0 Å². The molecule has 3 aromatic rings. The molecule has 4 rings (SSSR count). The number of sulfonamides is 2. The highest BCUT2D eigenvalue weighted by atomic mass is 32.2. The van der Waals surface area contributed by atoms with E-state index in [1.54, 1.807) is 36.4 Å². The highest BCUT2D eigenvalue weighted by molar-refractivity contribution is 7.89. The number of benzene rings is 3. The van der Waals surface area contributed by atoms with Crippen LogP contribution < -0.4 is 5.32 Å². The van der Waals surface area contributed by atoms with Crippen molar-refractivity contribution in [1.82, 2.24) is 13.9 Å². The fraction of sp³-hybridized carbons (Fsp3) is 0.240. The van der Waals surface area contributed by atoms with Crippen LogP contribution in [-0.4, -0.2) is 63.6 Å². The lowest BCUT2D eigenvalue weighted by atomic mass is 10.1. The van der Waals surface area contributed by atoms with Crippen molar-refractivity contribution < 1.29 is 21.6 Å². The standard InChI is InChI=1S/C25H27N3O5S2/c29-25(26-17-16-21-10-4-1-5-11-21)24-20-27(34(30,31)22-12-6-2-7-13-22)18-19-28(24)35(32,33)23-14-8-3-9-15-23/h1-15,24H,16-20H2,(H,26,29)/t24-/m1/s1. The average Bonchev–Trinajstić information content (AvgIpc) is 2.90. The number of nitrogens with one attached hydrogen (secondary N) is 1. The Morgan fingerprint density at radius 1 is 0.743 bits per heavy atom. The first-order valence-electron chi connectivity index (χ1n) is 11.2. The maximum atomic E-state index is 13.4. The molecule has 0 radical (unpaired) electrons. The van der Waals surface area contributed by atoms with E-state index >= 15 is 0 Å². The van der Waals surface area contributed by atoms with Crippen molar-refractivity contribution in [2.45, 2.75) is 22.3 Å². The number of hydrogen-bond acceptors (Lipinski definition) is 5. The molecule has 0 aromatic heterocycles. The van der Waals surface area contributed by atoms with E-state index in [9.17, 15) is 21.6 Å². The van der Waals surface area contributed by atoms with Gasteiger partial charge in [0, 0.05) is 26.2 Å². The van der Waals surface area contributed by atoms with Crippen LogP contribution in [0.25, 0.3) is 0 Å². The molecule has 1 atom stereocenters. The molecule has 8 nitrogen and oxygen atoms in total. The van der Waals surface area contributed by atoms with Gasteiger partial charge in [0.25, 0.3) is 0 Å². The number of hydrogen-bond donors (Lipinski definition) is 1. The Hall–Kier alpha value is -3.05. The molecule has 10 heteroatoms. The van der Waals surface area contributed by atoms with Gasteiger partial charge in [0.2, 0.25) is 26.0 Å². The number of nitrogens with zero attached hydrogens (tertiary/aromatic N) is 2. The predicted molar refractivity (Wildman–Crippen MR) is 132 cm³/mol. The topological polar surface area (TPSA) is 104 Å². The van der Waals surface area contributed by atoms with Crippen molar-refractivity contribution in [3.8, 4) is 0 Å². The molecule has 0 saturated carbocycles. The maximum Gasteiger partial charge on any atom is 0.243 e. The zero-order valence-electron chi connectivity index (χ0n) is 19.0. The van der Waals surface area contributed by atoms with Gasteiger partial charge in [-0.2, -0.15) is 8.61 Å². The summed E-state index contributed by atoms with van der Waals surface area (Å²) in [5.74, 6) is -0.534. The van der Waals surface area contributed by atoms with E-state index in [1.807, 2.05) is 30.3 Å². The Kier molecular flexibility index (Phi) is 7.66. The Balaban J connectivity index is 1.58. The highest BCUT2D eigenvalue weighted by Gasteiger charge is 2.43. The van der Waals surface area contributed by atoms with Gasteiger partial charge < -0.3 is 5.32 Å². The second-order valence-electron chi connectivity index (χ2n) is 8.15. The fourth-order valence-corrected chi connectivity index (χ4v) is 7.07. The first-order valence-corrected chi connectivity index (χ1v) is 14.1. The van der Waals surface area contributed by atoms with Crippen LogP contribution >= 0.6 is 0 Å². The largest absolute Gasteiger partial charge is 0.354 e. The Labute approximate surface area is 206 Å². The number of carbonyl (C=O) groups excluding carboxylic acids is 1. The summed E-state index contributed by atoms with van der Waals surface area (Å²) in [5.41, 5.74) is 1.03. The van der Waals surface area contributed by atoms with E-state index in [-0.39, 0.29) is 29.4 Å². The second-order valence-corrected chi connectivity index (χ2v) is 12.0. The number of carbonyl (C=O) groups is 1. The molecule has 1 N–H and O–H groups in total. The molecule has 1 saturated heterocycles. The summed E-state index contributed by atoms with van der Waals surface area (Å²) < 4.78 is 55.5. The number of rotatable bonds is 8. The molecule has 0 unspecified atom stereocenters. The lowest BCUT2D eigenvalue weighted by molar-refractivity contribution is -0.125. The van der Waals surface area contributed by atoms with Crippen molar-refractivity contribution >= 4 is 26.0 Å². The van der Waals surface area contributed by atoms with Gasteiger partial charge in [0.1, 0.15) is 6.04 Å². The van der Waals surface area contributed by atoms with Gasteiger partial charge in [-0.15, -0.1) is 0 Å². The van der Waals surface area contributed by atoms with Gasteiger partial charge in [-0.3, -0.25) is 4.79 Å². The molecule has 0 aliphatic carbocycles. The fourth-order valence-electron chi connectivity index (χ4n) is 4.02. The summed E-state index contributed by atoms with van der Waals surface area (Å²) in [6.07, 6.45) is 0.566. The van der Waals surface area contributed by atoms with Crippen molar-refractivity contribution in [2.75, 3.05) is 26.2 Å². The minimum atomic E-state index is -4.02. The lowest BCUT2D eigenvalue weighted by Gasteiger charge is -2.39. The van der Waals surface area contributed by atoms with E-state index in [1.165, 1.54) is 28.6 Å². The molecule has 0 bridgehead atoms. The van der Waals surface area contributed by atoms with E-state index < -0.39 is 32.0 Å². The molecule has 1 aliphatic rings. The van der Waals surface area contributed by atoms with Crippen molar-refractivity contribution in [3.05, 3.63) is 96.6 Å². The zero-order valence-corrected chi connectivity index (χ0v) is 20.7. The molecule has 35 heavy (non-hydrogen) atoms. The predicted octanol–water partition coefficient (Wildman–Crippen LogP) is 2.11. The maximum absolute atomic E-state index is 13.4. The van der Waals surface area contributed by atoms with Crippen LogP contribution in [0, 0.1) is 0 Å². The molecule has 3 aromatic carbocycles. The summed E-state index contributed by atoms with van der Waals surface area (Å²) >= 11 is 0. The lowest BCUT2D eigenvalue weighted by Crippen LogP contribution is -2.61.